The van der Waals surface area contributed by atoms with E-state index in [-0.39, 0.29) is 5.41 Å². The fraction of sp³-hybridized carbons (Fsp3) is 0.800. The minimum Gasteiger partial charge on any atom is -0.295 e. The molecule has 16 heavy (non-hydrogen) atoms. The SMILES string of the molecule is C[C@@H]1CCCC2=CC(=O)C3C(C3(C)C)[C@]21C. The highest BCUT2D eigenvalue weighted by Gasteiger charge is 2.71. The summed E-state index contributed by atoms with van der Waals surface area (Å²) < 4.78 is 0. The third-order valence-corrected chi connectivity index (χ3v) is 5.90. The minimum absolute atomic E-state index is 0.246. The Morgan fingerprint density at radius 2 is 2.00 bits per heavy atom. The van der Waals surface area contributed by atoms with Crippen molar-refractivity contribution >= 4 is 5.78 Å². The predicted molar refractivity (Wildman–Crippen MR) is 65.0 cm³/mol. The number of fused-ring (bicyclic) bond motifs is 3. The molecule has 0 aromatic carbocycles. The van der Waals surface area contributed by atoms with Gasteiger partial charge in [-0.05, 0) is 48.0 Å². The van der Waals surface area contributed by atoms with Crippen LogP contribution in [0, 0.1) is 28.6 Å². The van der Waals surface area contributed by atoms with E-state index >= 15 is 0 Å². The number of rotatable bonds is 0. The average molecular weight is 218 g/mol. The monoisotopic (exact) mass is 218 g/mol. The molecular weight excluding hydrogens is 196 g/mol. The van der Waals surface area contributed by atoms with Crippen LogP contribution in [0.3, 0.4) is 0 Å². The number of hydrogen-bond donors (Lipinski definition) is 0. The summed E-state index contributed by atoms with van der Waals surface area (Å²) in [5, 5.41) is 0. The number of allylic oxidation sites excluding steroid dienone is 2. The standard InChI is InChI=1S/C15H22O/c1-9-6-5-7-10-8-11(16)12-13(14(12,2)3)15(9,10)4/h8-9,12-13H,5-7H2,1-4H3/t9-,12?,13?,15+/m1/s1. The Labute approximate surface area is 98.3 Å². The van der Waals surface area contributed by atoms with E-state index in [9.17, 15) is 4.79 Å². The highest BCUT2D eigenvalue weighted by molar-refractivity contribution is 5.97. The Hall–Kier alpha value is -0.590. The number of ketones is 1. The summed E-state index contributed by atoms with van der Waals surface area (Å²) in [5.41, 5.74) is 2.03. The van der Waals surface area contributed by atoms with Crippen molar-refractivity contribution in [2.24, 2.45) is 28.6 Å². The summed E-state index contributed by atoms with van der Waals surface area (Å²) in [4.78, 5) is 12.1. The van der Waals surface area contributed by atoms with E-state index < -0.39 is 0 Å². The van der Waals surface area contributed by atoms with Crippen LogP contribution >= 0.6 is 0 Å². The molecule has 0 amide bonds. The van der Waals surface area contributed by atoms with E-state index in [2.05, 4.69) is 27.7 Å². The molecule has 3 rings (SSSR count). The largest absolute Gasteiger partial charge is 0.295 e. The van der Waals surface area contributed by atoms with Crippen LogP contribution in [0.1, 0.15) is 47.0 Å². The van der Waals surface area contributed by atoms with Crippen molar-refractivity contribution < 1.29 is 4.79 Å². The van der Waals surface area contributed by atoms with Crippen molar-refractivity contribution in [3.63, 3.8) is 0 Å². The van der Waals surface area contributed by atoms with E-state index in [1.54, 1.807) is 0 Å². The summed E-state index contributed by atoms with van der Waals surface area (Å²) in [6.45, 7) is 9.36. The lowest BCUT2D eigenvalue weighted by Gasteiger charge is -2.45. The molecule has 4 atom stereocenters. The van der Waals surface area contributed by atoms with Crippen LogP contribution in [-0.2, 0) is 4.79 Å². The van der Waals surface area contributed by atoms with Crippen molar-refractivity contribution in [2.75, 3.05) is 0 Å². The molecule has 0 heterocycles. The molecule has 2 saturated carbocycles. The van der Waals surface area contributed by atoms with Crippen LogP contribution in [0.2, 0.25) is 0 Å². The highest BCUT2D eigenvalue weighted by Crippen LogP contribution is 2.73. The van der Waals surface area contributed by atoms with Gasteiger partial charge in [-0.2, -0.15) is 0 Å². The molecule has 3 aliphatic rings. The average Bonchev–Trinajstić information content (AvgIpc) is 2.77. The minimum atomic E-state index is 0.246. The lowest BCUT2D eigenvalue weighted by Crippen LogP contribution is -2.38. The number of carbonyl (C=O) groups is 1. The first-order valence-electron chi connectivity index (χ1n) is 6.65. The summed E-state index contributed by atoms with van der Waals surface area (Å²) in [7, 11) is 0. The molecule has 0 aromatic heterocycles. The Bertz CT molecular complexity index is 390. The Kier molecular flexibility index (Phi) is 1.85. The number of hydrogen-bond acceptors (Lipinski definition) is 1. The van der Waals surface area contributed by atoms with Crippen molar-refractivity contribution in [2.45, 2.75) is 47.0 Å². The lowest BCUT2D eigenvalue weighted by atomic mass is 9.59. The molecule has 0 spiro atoms. The summed E-state index contributed by atoms with van der Waals surface area (Å²) >= 11 is 0. The molecule has 0 aliphatic heterocycles. The second-order valence-electron chi connectivity index (χ2n) is 6.92. The molecule has 88 valence electrons. The fourth-order valence-corrected chi connectivity index (χ4v) is 4.77. The summed E-state index contributed by atoms with van der Waals surface area (Å²) in [5.74, 6) is 2.09. The second kappa shape index (κ2) is 2.80. The first-order chi connectivity index (χ1) is 7.40. The van der Waals surface area contributed by atoms with E-state index in [1.807, 2.05) is 6.08 Å². The van der Waals surface area contributed by atoms with Gasteiger partial charge in [-0.25, -0.2) is 0 Å². The molecule has 0 radical (unpaired) electrons. The Morgan fingerprint density at radius 1 is 1.31 bits per heavy atom. The van der Waals surface area contributed by atoms with Crippen LogP contribution in [0.4, 0.5) is 0 Å². The lowest BCUT2D eigenvalue weighted by molar-refractivity contribution is -0.117. The maximum Gasteiger partial charge on any atom is 0.159 e. The van der Waals surface area contributed by atoms with E-state index in [0.29, 0.717) is 23.0 Å². The van der Waals surface area contributed by atoms with E-state index in [1.165, 1.54) is 18.4 Å². The van der Waals surface area contributed by atoms with Gasteiger partial charge in [-0.1, -0.05) is 33.3 Å². The summed E-state index contributed by atoms with van der Waals surface area (Å²) in [6, 6.07) is 0. The van der Waals surface area contributed by atoms with Crippen LogP contribution in [0.25, 0.3) is 0 Å². The normalized spacial score (nSPS) is 49.1. The van der Waals surface area contributed by atoms with Gasteiger partial charge in [-0.15, -0.1) is 0 Å². The van der Waals surface area contributed by atoms with E-state index in [0.717, 1.165) is 12.3 Å². The van der Waals surface area contributed by atoms with E-state index in [4.69, 9.17) is 0 Å². The second-order valence-corrected chi connectivity index (χ2v) is 6.92. The predicted octanol–water partition coefficient (Wildman–Crippen LogP) is 3.59. The van der Waals surface area contributed by atoms with Gasteiger partial charge in [0, 0.05) is 5.92 Å². The summed E-state index contributed by atoms with van der Waals surface area (Å²) in [6.07, 6.45) is 5.77. The highest BCUT2D eigenvalue weighted by atomic mass is 16.1. The number of carbonyl (C=O) groups excluding carboxylic acids is 1. The zero-order valence-electron chi connectivity index (χ0n) is 10.8. The third kappa shape index (κ3) is 1.00. The molecule has 0 bridgehead atoms. The molecule has 0 N–H and O–H groups in total. The zero-order chi connectivity index (χ0) is 11.7. The maximum atomic E-state index is 12.1. The molecule has 2 unspecified atom stereocenters. The van der Waals surface area contributed by atoms with Gasteiger partial charge in [0.1, 0.15) is 0 Å². The molecule has 2 fully saturated rings. The van der Waals surface area contributed by atoms with Gasteiger partial charge in [0.15, 0.2) is 5.78 Å². The van der Waals surface area contributed by atoms with Gasteiger partial charge < -0.3 is 0 Å². The molecule has 1 nitrogen and oxygen atoms in total. The smallest absolute Gasteiger partial charge is 0.159 e. The van der Waals surface area contributed by atoms with Gasteiger partial charge in [-0.3, -0.25) is 4.79 Å². The van der Waals surface area contributed by atoms with Crippen molar-refractivity contribution in [3.8, 4) is 0 Å². The quantitative estimate of drug-likeness (QED) is 0.607. The zero-order valence-corrected chi connectivity index (χ0v) is 10.8. The van der Waals surface area contributed by atoms with Gasteiger partial charge in [0.25, 0.3) is 0 Å². The molecule has 3 aliphatic carbocycles. The molecular formula is C15H22O. The topological polar surface area (TPSA) is 17.1 Å². The first-order valence-corrected chi connectivity index (χ1v) is 6.65. The van der Waals surface area contributed by atoms with Crippen LogP contribution in [0.15, 0.2) is 11.6 Å². The van der Waals surface area contributed by atoms with Gasteiger partial charge >= 0.3 is 0 Å². The van der Waals surface area contributed by atoms with Crippen molar-refractivity contribution in [3.05, 3.63) is 11.6 Å². The van der Waals surface area contributed by atoms with Crippen LogP contribution in [0.5, 0.6) is 0 Å². The van der Waals surface area contributed by atoms with Gasteiger partial charge in [0.2, 0.25) is 0 Å². The van der Waals surface area contributed by atoms with Gasteiger partial charge in [0.05, 0.1) is 0 Å². The fourth-order valence-electron chi connectivity index (χ4n) is 4.77. The Morgan fingerprint density at radius 3 is 2.69 bits per heavy atom. The molecule has 0 saturated heterocycles. The Balaban J connectivity index is 2.10. The molecule has 0 aromatic rings. The van der Waals surface area contributed by atoms with Crippen LogP contribution in [-0.4, -0.2) is 5.78 Å². The third-order valence-electron chi connectivity index (χ3n) is 5.90. The van der Waals surface area contributed by atoms with Crippen molar-refractivity contribution in [1.29, 1.82) is 0 Å². The molecule has 1 heteroatoms. The van der Waals surface area contributed by atoms with Crippen molar-refractivity contribution in [1.82, 2.24) is 0 Å². The first kappa shape index (κ1) is 10.6. The van der Waals surface area contributed by atoms with Crippen LogP contribution < -0.4 is 0 Å². The maximum absolute atomic E-state index is 12.1.